The first-order valence-electron chi connectivity index (χ1n) is 5.66. The largest absolute Gasteiger partial charge is 0.482 e. The molecule has 0 spiro atoms. The van der Waals surface area contributed by atoms with Crippen molar-refractivity contribution in [3.05, 3.63) is 34.7 Å². The summed E-state index contributed by atoms with van der Waals surface area (Å²) in [7, 11) is 0. The smallest absolute Gasteiger partial charge is 0.341 e. The van der Waals surface area contributed by atoms with E-state index in [1.807, 2.05) is 0 Å². The van der Waals surface area contributed by atoms with E-state index in [-0.39, 0.29) is 6.42 Å². The molecule has 0 atom stereocenters. The van der Waals surface area contributed by atoms with Gasteiger partial charge in [-0.25, -0.2) is 9.78 Å². The lowest BCUT2D eigenvalue weighted by Gasteiger charge is -2.04. The summed E-state index contributed by atoms with van der Waals surface area (Å²) in [6, 6.07) is 6.84. The van der Waals surface area contributed by atoms with Gasteiger partial charge in [0, 0.05) is 10.9 Å². The van der Waals surface area contributed by atoms with Crippen LogP contribution in [0, 0.1) is 0 Å². The van der Waals surface area contributed by atoms with Gasteiger partial charge in [0.1, 0.15) is 10.8 Å². The molecule has 0 aliphatic heterocycles. The molecule has 0 unspecified atom stereocenters. The fourth-order valence-corrected chi connectivity index (χ4v) is 2.34. The van der Waals surface area contributed by atoms with Crippen molar-refractivity contribution in [3.63, 3.8) is 0 Å². The summed E-state index contributed by atoms with van der Waals surface area (Å²) in [6.45, 7) is -0.412. The molecule has 1 aromatic carbocycles. The minimum Gasteiger partial charge on any atom is -0.482 e. The molecule has 0 aliphatic rings. The first kappa shape index (κ1) is 14.0. The van der Waals surface area contributed by atoms with Gasteiger partial charge in [-0.2, -0.15) is 0 Å². The van der Waals surface area contributed by atoms with Gasteiger partial charge in [-0.1, -0.05) is 12.1 Å². The lowest BCUT2D eigenvalue weighted by Crippen LogP contribution is -2.09. The number of aliphatic carboxylic acids is 2. The van der Waals surface area contributed by atoms with E-state index in [1.165, 1.54) is 11.3 Å². The Hall–Kier alpha value is -2.41. The molecule has 1 aromatic heterocycles. The Morgan fingerprint density at radius 1 is 1.25 bits per heavy atom. The summed E-state index contributed by atoms with van der Waals surface area (Å²) in [5, 5.41) is 19.5. The van der Waals surface area contributed by atoms with E-state index in [9.17, 15) is 9.59 Å². The Bertz CT molecular complexity index is 637. The lowest BCUT2D eigenvalue weighted by atomic mass is 10.1. The van der Waals surface area contributed by atoms with Gasteiger partial charge in [-0.05, 0) is 12.1 Å². The highest BCUT2D eigenvalue weighted by Gasteiger charge is 2.09. The van der Waals surface area contributed by atoms with Crippen LogP contribution >= 0.6 is 11.3 Å². The van der Waals surface area contributed by atoms with Gasteiger partial charge in [-0.3, -0.25) is 4.79 Å². The third kappa shape index (κ3) is 3.79. The van der Waals surface area contributed by atoms with Crippen molar-refractivity contribution in [2.24, 2.45) is 0 Å². The maximum absolute atomic E-state index is 10.6. The number of benzene rings is 1. The van der Waals surface area contributed by atoms with E-state index >= 15 is 0 Å². The number of hydrogen-bond donors (Lipinski definition) is 2. The lowest BCUT2D eigenvalue weighted by molar-refractivity contribution is -0.139. The summed E-state index contributed by atoms with van der Waals surface area (Å²) in [4.78, 5) is 25.3. The molecular weight excluding hydrogens is 282 g/mol. The Labute approximate surface area is 118 Å². The zero-order valence-corrected chi connectivity index (χ0v) is 11.1. The summed E-state index contributed by atoms with van der Waals surface area (Å²) >= 11 is 1.27. The van der Waals surface area contributed by atoms with E-state index in [1.54, 1.807) is 29.6 Å². The minimum atomic E-state index is -1.05. The number of thiazole rings is 1. The Morgan fingerprint density at radius 3 is 2.75 bits per heavy atom. The fraction of sp³-hybridized carbons (Fsp3) is 0.154. The maximum Gasteiger partial charge on any atom is 0.341 e. The monoisotopic (exact) mass is 293 g/mol. The van der Waals surface area contributed by atoms with Gasteiger partial charge >= 0.3 is 11.9 Å². The van der Waals surface area contributed by atoms with Gasteiger partial charge in [0.05, 0.1) is 12.1 Å². The molecule has 104 valence electrons. The predicted molar refractivity (Wildman–Crippen MR) is 72.0 cm³/mol. The molecule has 1 heterocycles. The molecule has 0 bridgehead atoms. The van der Waals surface area contributed by atoms with Crippen molar-refractivity contribution in [3.8, 4) is 17.0 Å². The second kappa shape index (κ2) is 6.16. The van der Waals surface area contributed by atoms with Crippen molar-refractivity contribution < 1.29 is 24.5 Å². The predicted octanol–water partition coefficient (Wildman–Crippen LogP) is 1.90. The van der Waals surface area contributed by atoms with Gasteiger partial charge in [0.25, 0.3) is 0 Å². The summed E-state index contributed by atoms with van der Waals surface area (Å²) in [5.41, 5.74) is 1.40. The van der Waals surface area contributed by atoms with Crippen molar-refractivity contribution in [2.75, 3.05) is 6.61 Å². The molecular formula is C13H11NO5S. The average molecular weight is 293 g/mol. The number of ether oxygens (including phenoxy) is 1. The highest BCUT2D eigenvalue weighted by Crippen LogP contribution is 2.25. The van der Waals surface area contributed by atoms with E-state index in [0.29, 0.717) is 16.5 Å². The van der Waals surface area contributed by atoms with Gasteiger partial charge in [0.15, 0.2) is 6.61 Å². The first-order chi connectivity index (χ1) is 9.54. The van der Waals surface area contributed by atoms with E-state index in [2.05, 4.69) is 4.98 Å². The standard InChI is InChI=1S/C13H11NO5S/c15-12(16)5-11-14-10(7-20-11)8-2-1-3-9(4-8)19-6-13(17)18/h1-4,7H,5-6H2,(H,15,16)(H,17,18). The van der Waals surface area contributed by atoms with Crippen LogP contribution in [0.2, 0.25) is 0 Å². The number of rotatable bonds is 6. The van der Waals surface area contributed by atoms with Crippen LogP contribution in [-0.4, -0.2) is 33.7 Å². The number of carboxylic acid groups (broad SMARTS) is 2. The molecule has 0 aliphatic carbocycles. The Morgan fingerprint density at radius 2 is 2.05 bits per heavy atom. The topological polar surface area (TPSA) is 96.7 Å². The SMILES string of the molecule is O=C(O)COc1cccc(-c2csc(CC(=O)O)n2)c1. The molecule has 7 heteroatoms. The summed E-state index contributed by atoms with van der Waals surface area (Å²) in [5.74, 6) is -1.55. The van der Waals surface area contributed by atoms with Crippen LogP contribution in [0.3, 0.4) is 0 Å². The zero-order valence-electron chi connectivity index (χ0n) is 10.3. The molecule has 0 saturated carbocycles. The number of hydrogen-bond acceptors (Lipinski definition) is 5. The van der Waals surface area contributed by atoms with Crippen LogP contribution in [0.1, 0.15) is 5.01 Å². The van der Waals surface area contributed by atoms with E-state index < -0.39 is 18.5 Å². The summed E-state index contributed by atoms with van der Waals surface area (Å²) in [6.07, 6.45) is -0.111. The van der Waals surface area contributed by atoms with Crippen LogP contribution in [0.15, 0.2) is 29.6 Å². The van der Waals surface area contributed by atoms with Crippen LogP contribution < -0.4 is 4.74 Å². The Kier molecular flexibility index (Phi) is 4.31. The van der Waals surface area contributed by atoms with Gasteiger partial charge in [-0.15, -0.1) is 11.3 Å². The van der Waals surface area contributed by atoms with Crippen LogP contribution in [0.5, 0.6) is 5.75 Å². The average Bonchev–Trinajstić information content (AvgIpc) is 2.84. The molecule has 20 heavy (non-hydrogen) atoms. The second-order valence-corrected chi connectivity index (χ2v) is 4.85. The first-order valence-corrected chi connectivity index (χ1v) is 6.54. The number of nitrogens with zero attached hydrogens (tertiary/aromatic N) is 1. The highest BCUT2D eigenvalue weighted by atomic mass is 32.1. The van der Waals surface area contributed by atoms with Crippen molar-refractivity contribution >= 4 is 23.3 Å². The third-order valence-corrected chi connectivity index (χ3v) is 3.20. The van der Waals surface area contributed by atoms with E-state index in [0.717, 1.165) is 5.56 Å². The normalized spacial score (nSPS) is 10.2. The third-order valence-electron chi connectivity index (χ3n) is 2.35. The van der Waals surface area contributed by atoms with Crippen LogP contribution in [-0.2, 0) is 16.0 Å². The van der Waals surface area contributed by atoms with Gasteiger partial charge in [0.2, 0.25) is 0 Å². The second-order valence-electron chi connectivity index (χ2n) is 3.91. The maximum atomic E-state index is 10.6. The molecule has 2 rings (SSSR count). The summed E-state index contributed by atoms with van der Waals surface area (Å²) < 4.78 is 5.08. The fourth-order valence-electron chi connectivity index (χ4n) is 1.54. The number of carboxylic acids is 2. The molecule has 0 saturated heterocycles. The minimum absolute atomic E-state index is 0.111. The van der Waals surface area contributed by atoms with Crippen LogP contribution in [0.4, 0.5) is 0 Å². The number of carbonyl (C=O) groups is 2. The van der Waals surface area contributed by atoms with Gasteiger partial charge < -0.3 is 14.9 Å². The van der Waals surface area contributed by atoms with E-state index in [4.69, 9.17) is 14.9 Å². The molecule has 2 aromatic rings. The quantitative estimate of drug-likeness (QED) is 0.844. The highest BCUT2D eigenvalue weighted by molar-refractivity contribution is 7.10. The zero-order chi connectivity index (χ0) is 14.5. The molecule has 6 nitrogen and oxygen atoms in total. The Balaban J connectivity index is 2.15. The van der Waals surface area contributed by atoms with Crippen LogP contribution in [0.25, 0.3) is 11.3 Å². The van der Waals surface area contributed by atoms with Crippen molar-refractivity contribution in [1.29, 1.82) is 0 Å². The molecule has 0 radical (unpaired) electrons. The molecule has 2 N–H and O–H groups in total. The van der Waals surface area contributed by atoms with Crippen molar-refractivity contribution in [1.82, 2.24) is 4.98 Å². The van der Waals surface area contributed by atoms with Crippen molar-refractivity contribution in [2.45, 2.75) is 6.42 Å². The molecule has 0 amide bonds. The molecule has 0 fully saturated rings. The number of aromatic nitrogens is 1.